The van der Waals surface area contributed by atoms with Crippen LogP contribution in [0.2, 0.25) is 0 Å². The van der Waals surface area contributed by atoms with Crippen LogP contribution in [0.1, 0.15) is 25.3 Å². The van der Waals surface area contributed by atoms with E-state index < -0.39 is 15.7 Å². The normalized spacial score (nSPS) is 14.0. The third-order valence-electron chi connectivity index (χ3n) is 6.90. The van der Waals surface area contributed by atoms with Gasteiger partial charge in [0.15, 0.2) is 5.82 Å². The number of anilines is 3. The number of piperazine rings is 1. The molecule has 13 nitrogen and oxygen atoms in total. The zero-order valence-corrected chi connectivity index (χ0v) is 24.5. The van der Waals surface area contributed by atoms with Gasteiger partial charge in [0, 0.05) is 57.2 Å². The van der Waals surface area contributed by atoms with E-state index in [1.54, 1.807) is 21.8 Å². The highest BCUT2D eigenvalue weighted by atomic mass is 32.2. The average Bonchev–Trinajstić information content (AvgIpc) is 3.33. The molecule has 0 spiro atoms. The van der Waals surface area contributed by atoms with Gasteiger partial charge in [0.2, 0.25) is 11.9 Å². The number of fused-ring (bicyclic) bond motifs is 1. The first-order valence-electron chi connectivity index (χ1n) is 13.6. The molecule has 0 radical (unpaired) electrons. The molecule has 1 aliphatic heterocycles. The van der Waals surface area contributed by atoms with Crippen LogP contribution in [-0.2, 0) is 21.2 Å². The van der Waals surface area contributed by atoms with Crippen LogP contribution in [0.15, 0.2) is 18.3 Å². The molecule has 4 N–H and O–H groups in total. The SMILES string of the molecule is CCCCNc1nc(N)nc2cnn(Cc3cc(F)c(N4CCN(C(=O)CNCCS(C)(=O)=O)CC4)cc3OC)c12. The second-order valence-corrected chi connectivity index (χ2v) is 12.3. The lowest BCUT2D eigenvalue weighted by molar-refractivity contribution is -0.130. The number of hydrogen-bond donors (Lipinski definition) is 3. The minimum absolute atomic E-state index is 0.0266. The van der Waals surface area contributed by atoms with Crippen molar-refractivity contribution in [2.75, 3.05) is 80.9 Å². The van der Waals surface area contributed by atoms with E-state index in [2.05, 4.69) is 32.6 Å². The standard InChI is InChI=1S/C26H38FN9O4S/c1-4-5-6-30-25-24-20(32-26(28)33-25)15-31-36(24)17-18-13-19(27)21(14-22(18)40-2)34-8-10-35(11-9-34)23(37)16-29-7-12-41(3,38)39/h13-15,29H,4-12,16-17H2,1-3H3,(H3,28,30,32,33). The Kier molecular flexibility index (Phi) is 9.81. The fourth-order valence-corrected chi connectivity index (χ4v) is 5.22. The summed E-state index contributed by atoms with van der Waals surface area (Å²) in [5.41, 5.74) is 8.15. The Morgan fingerprint density at radius 3 is 2.61 bits per heavy atom. The summed E-state index contributed by atoms with van der Waals surface area (Å²) in [5.74, 6) is 0.687. The van der Waals surface area contributed by atoms with Gasteiger partial charge in [-0.25, -0.2) is 17.8 Å². The van der Waals surface area contributed by atoms with Crippen LogP contribution in [-0.4, -0.2) is 104 Å². The topological polar surface area (TPSA) is 161 Å². The molecule has 0 bridgehead atoms. The molecular formula is C26H38FN9O4S. The number of rotatable bonds is 13. The number of methoxy groups -OCH3 is 1. The number of benzene rings is 1. The van der Waals surface area contributed by atoms with Crippen molar-refractivity contribution in [3.05, 3.63) is 29.7 Å². The third kappa shape index (κ3) is 7.73. The average molecular weight is 592 g/mol. The number of ether oxygens (including phenoxy) is 1. The molecule has 1 saturated heterocycles. The molecule has 2 aromatic heterocycles. The number of sulfone groups is 1. The molecule has 1 aliphatic rings. The Morgan fingerprint density at radius 1 is 1.17 bits per heavy atom. The maximum Gasteiger partial charge on any atom is 0.236 e. The van der Waals surface area contributed by atoms with Crippen LogP contribution in [0.4, 0.5) is 21.8 Å². The highest BCUT2D eigenvalue weighted by Crippen LogP contribution is 2.31. The fourth-order valence-electron chi connectivity index (χ4n) is 4.71. The minimum Gasteiger partial charge on any atom is -0.496 e. The van der Waals surface area contributed by atoms with Gasteiger partial charge in [-0.3, -0.25) is 9.48 Å². The molecular weight excluding hydrogens is 553 g/mol. The lowest BCUT2D eigenvalue weighted by Gasteiger charge is -2.36. The summed E-state index contributed by atoms with van der Waals surface area (Å²) in [5, 5.41) is 10.6. The number of aromatic nitrogens is 4. The minimum atomic E-state index is -3.09. The monoisotopic (exact) mass is 591 g/mol. The number of unbranched alkanes of at least 4 members (excludes halogenated alkanes) is 1. The summed E-state index contributed by atoms with van der Waals surface area (Å²) >= 11 is 0. The lowest BCUT2D eigenvalue weighted by Crippen LogP contribution is -2.51. The quantitative estimate of drug-likeness (QED) is 0.244. The van der Waals surface area contributed by atoms with E-state index in [1.807, 2.05) is 4.90 Å². The van der Waals surface area contributed by atoms with Crippen LogP contribution in [0.3, 0.4) is 0 Å². The molecule has 41 heavy (non-hydrogen) atoms. The fraction of sp³-hybridized carbons (Fsp3) is 0.538. The van der Waals surface area contributed by atoms with Crippen LogP contribution >= 0.6 is 0 Å². The largest absolute Gasteiger partial charge is 0.496 e. The number of nitrogen functional groups attached to an aromatic ring is 1. The van der Waals surface area contributed by atoms with E-state index >= 15 is 4.39 Å². The van der Waals surface area contributed by atoms with E-state index in [1.165, 1.54) is 13.2 Å². The van der Waals surface area contributed by atoms with Crippen molar-refractivity contribution < 1.29 is 22.3 Å². The first kappa shape index (κ1) is 30.2. The molecule has 3 heterocycles. The zero-order valence-electron chi connectivity index (χ0n) is 23.7. The zero-order chi connectivity index (χ0) is 29.6. The van der Waals surface area contributed by atoms with Gasteiger partial charge in [-0.1, -0.05) is 13.3 Å². The van der Waals surface area contributed by atoms with Gasteiger partial charge in [-0.05, 0) is 12.5 Å². The summed E-state index contributed by atoms with van der Waals surface area (Å²) in [6, 6.07) is 3.13. The summed E-state index contributed by atoms with van der Waals surface area (Å²) in [4.78, 5) is 24.7. The Labute approximate surface area is 239 Å². The van der Waals surface area contributed by atoms with Crippen LogP contribution in [0, 0.1) is 5.82 Å². The van der Waals surface area contributed by atoms with Crippen molar-refractivity contribution in [2.45, 2.75) is 26.3 Å². The van der Waals surface area contributed by atoms with Crippen molar-refractivity contribution in [2.24, 2.45) is 0 Å². The second-order valence-electron chi connectivity index (χ2n) is 10.0. The second kappa shape index (κ2) is 13.3. The van der Waals surface area contributed by atoms with Gasteiger partial charge < -0.3 is 30.9 Å². The molecule has 0 aliphatic carbocycles. The number of amides is 1. The van der Waals surface area contributed by atoms with Crippen LogP contribution < -0.4 is 26.0 Å². The van der Waals surface area contributed by atoms with Crippen molar-refractivity contribution in [1.29, 1.82) is 0 Å². The summed E-state index contributed by atoms with van der Waals surface area (Å²) in [7, 11) is -1.55. The number of hydrogen-bond acceptors (Lipinski definition) is 11. The molecule has 0 atom stereocenters. The smallest absolute Gasteiger partial charge is 0.236 e. The highest BCUT2D eigenvalue weighted by molar-refractivity contribution is 7.90. The first-order valence-corrected chi connectivity index (χ1v) is 15.7. The predicted molar refractivity (Wildman–Crippen MR) is 157 cm³/mol. The van der Waals surface area contributed by atoms with Gasteiger partial charge >= 0.3 is 0 Å². The van der Waals surface area contributed by atoms with Gasteiger partial charge in [-0.15, -0.1) is 0 Å². The summed E-state index contributed by atoms with van der Waals surface area (Å²) in [6.07, 6.45) is 4.75. The number of nitrogens with two attached hydrogens (primary N) is 1. The lowest BCUT2D eigenvalue weighted by atomic mass is 10.1. The number of nitrogens with zero attached hydrogens (tertiary/aromatic N) is 6. The van der Waals surface area contributed by atoms with E-state index in [4.69, 9.17) is 10.5 Å². The van der Waals surface area contributed by atoms with Crippen LogP contribution in [0.25, 0.3) is 11.0 Å². The molecule has 15 heteroatoms. The maximum absolute atomic E-state index is 15.5. The summed E-state index contributed by atoms with van der Waals surface area (Å²) < 4.78 is 45.3. The molecule has 1 amide bonds. The van der Waals surface area contributed by atoms with Gasteiger partial charge in [-0.2, -0.15) is 10.1 Å². The Morgan fingerprint density at radius 2 is 1.93 bits per heavy atom. The molecule has 1 fully saturated rings. The van der Waals surface area contributed by atoms with Crippen molar-refractivity contribution in [1.82, 2.24) is 30.0 Å². The number of halogens is 1. The van der Waals surface area contributed by atoms with Gasteiger partial charge in [0.25, 0.3) is 0 Å². The van der Waals surface area contributed by atoms with E-state index in [0.29, 0.717) is 60.0 Å². The van der Waals surface area contributed by atoms with Gasteiger partial charge in [0.05, 0.1) is 37.8 Å². The molecule has 224 valence electrons. The van der Waals surface area contributed by atoms with Crippen LogP contribution in [0.5, 0.6) is 5.75 Å². The third-order valence-corrected chi connectivity index (χ3v) is 7.84. The molecule has 1 aromatic carbocycles. The van der Waals surface area contributed by atoms with E-state index in [9.17, 15) is 13.2 Å². The molecule has 0 saturated carbocycles. The summed E-state index contributed by atoms with van der Waals surface area (Å²) in [6.45, 7) is 5.07. The van der Waals surface area contributed by atoms with Crippen molar-refractivity contribution in [3.63, 3.8) is 0 Å². The molecule has 4 rings (SSSR count). The Bertz CT molecular complexity index is 1470. The predicted octanol–water partition coefficient (Wildman–Crippen LogP) is 1.10. The number of carbonyl (C=O) groups is 1. The Hall–Kier alpha value is -3.72. The van der Waals surface area contributed by atoms with Gasteiger partial charge in [0.1, 0.15) is 32.4 Å². The Balaban J connectivity index is 1.44. The van der Waals surface area contributed by atoms with E-state index in [0.717, 1.165) is 25.6 Å². The maximum atomic E-state index is 15.5. The van der Waals surface area contributed by atoms with Crippen molar-refractivity contribution >= 4 is 44.2 Å². The van der Waals surface area contributed by atoms with E-state index in [-0.39, 0.29) is 37.2 Å². The van der Waals surface area contributed by atoms with Crippen molar-refractivity contribution in [3.8, 4) is 5.75 Å². The highest BCUT2D eigenvalue weighted by Gasteiger charge is 2.24. The first-order chi connectivity index (χ1) is 19.6. The molecule has 3 aromatic rings. The molecule has 0 unspecified atom stereocenters. The number of nitrogens with one attached hydrogen (secondary N) is 2. The number of carbonyl (C=O) groups excluding carboxylic acids is 1.